The van der Waals surface area contributed by atoms with E-state index in [1.54, 1.807) is 69.3 Å². The summed E-state index contributed by atoms with van der Waals surface area (Å²) in [6, 6.07) is 11.1. The summed E-state index contributed by atoms with van der Waals surface area (Å²) in [4.78, 5) is 108. The molecular formula is C36H42N8O12. The minimum Gasteiger partial charge on any atom is -0.481 e. The summed E-state index contributed by atoms with van der Waals surface area (Å²) in [5.41, 5.74) is 0.847. The third-order valence-electron chi connectivity index (χ3n) is 7.49. The van der Waals surface area contributed by atoms with Crippen molar-refractivity contribution in [3.8, 4) is 0 Å². The van der Waals surface area contributed by atoms with Crippen LogP contribution in [0.4, 0.5) is 27.5 Å². The van der Waals surface area contributed by atoms with Crippen LogP contribution in [0.5, 0.6) is 0 Å². The molecule has 7 amide bonds. The van der Waals surface area contributed by atoms with E-state index < -0.39 is 97.1 Å². The highest BCUT2D eigenvalue weighted by Crippen LogP contribution is 2.22. The highest BCUT2D eigenvalue weighted by Gasteiger charge is 2.30. The number of hydrogen-bond acceptors (Lipinski definition) is 12. The Morgan fingerprint density at radius 1 is 0.714 bits per heavy atom. The first-order valence-electron chi connectivity index (χ1n) is 17.1. The van der Waals surface area contributed by atoms with Gasteiger partial charge in [-0.2, -0.15) is 10.2 Å². The molecular weight excluding hydrogens is 736 g/mol. The number of nitrogens with one attached hydrogen (secondary N) is 5. The van der Waals surface area contributed by atoms with E-state index in [-0.39, 0.29) is 19.3 Å². The van der Waals surface area contributed by atoms with Crippen LogP contribution in [-0.2, 0) is 43.1 Å². The molecule has 0 radical (unpaired) electrons. The van der Waals surface area contributed by atoms with Crippen LogP contribution in [0.15, 0.2) is 70.9 Å². The van der Waals surface area contributed by atoms with E-state index in [2.05, 4.69) is 36.8 Å². The molecule has 1 heterocycles. The van der Waals surface area contributed by atoms with Crippen LogP contribution in [0.2, 0.25) is 0 Å². The first kappa shape index (κ1) is 43.4. The number of amides is 7. The summed E-state index contributed by atoms with van der Waals surface area (Å²) in [7, 11) is 0. The lowest BCUT2D eigenvalue weighted by molar-refractivity contribution is -0.145. The number of ether oxygens (including phenoxy) is 1. The summed E-state index contributed by atoms with van der Waals surface area (Å²) in [5.74, 6) is -7.39. The van der Waals surface area contributed by atoms with Crippen molar-refractivity contribution < 1.29 is 58.1 Å². The van der Waals surface area contributed by atoms with Crippen molar-refractivity contribution in [3.63, 3.8) is 0 Å². The van der Waals surface area contributed by atoms with Gasteiger partial charge >= 0.3 is 18.0 Å². The van der Waals surface area contributed by atoms with E-state index in [1.165, 1.54) is 0 Å². The lowest BCUT2D eigenvalue weighted by atomic mass is 9.94. The number of benzene rings is 2. The van der Waals surface area contributed by atoms with Crippen LogP contribution in [-0.4, -0.2) is 99.9 Å². The number of anilines is 2. The van der Waals surface area contributed by atoms with Gasteiger partial charge < -0.3 is 41.5 Å². The first-order chi connectivity index (χ1) is 26.4. The zero-order valence-electron chi connectivity index (χ0n) is 30.7. The van der Waals surface area contributed by atoms with E-state index in [0.717, 1.165) is 17.1 Å². The summed E-state index contributed by atoms with van der Waals surface area (Å²) in [6.07, 6.45) is 0.537. The predicted molar refractivity (Wildman–Crippen MR) is 197 cm³/mol. The number of alkyl carbamates (subject to hydrolysis) is 1. The summed E-state index contributed by atoms with van der Waals surface area (Å²) < 4.78 is 5.03. The van der Waals surface area contributed by atoms with Gasteiger partial charge in [0.2, 0.25) is 23.6 Å². The zero-order valence-corrected chi connectivity index (χ0v) is 30.7. The van der Waals surface area contributed by atoms with Gasteiger partial charge in [0, 0.05) is 29.9 Å². The smallest absolute Gasteiger partial charge is 0.408 e. The number of carboxylic acid groups (broad SMARTS) is 2. The third-order valence-corrected chi connectivity index (χ3v) is 7.49. The average Bonchev–Trinajstić information content (AvgIpc) is 3.43. The molecule has 2 atom stereocenters. The van der Waals surface area contributed by atoms with Crippen LogP contribution >= 0.6 is 0 Å². The standard InChI is InChI=1S/C36H42N8O12/c1-36(2,3)56-35(55)41-26(34(53)54)17-21(33(51)52)5-4-6-27(45)37-18-28(46)38-19-29(47)39-22-7-11-24(12-8-22)42-43-25-13-9-23(10-14-25)40-30(48)20-44-31(49)15-16-32(44)50/h7-16,21,26H,4-6,17-20H2,1-3H3,(H,37,45)(H,38,46)(H,39,47)(H,40,48)(H,41,55)(H,51,52)(H,53,54)/t21-,26+/m1/s1. The molecule has 3 rings (SSSR count). The number of carbonyl (C=O) groups is 9. The van der Waals surface area contributed by atoms with E-state index in [1.807, 2.05) is 0 Å². The van der Waals surface area contributed by atoms with Gasteiger partial charge in [0.05, 0.1) is 30.4 Å². The molecule has 20 nitrogen and oxygen atoms in total. The molecule has 0 spiro atoms. The monoisotopic (exact) mass is 778 g/mol. The molecule has 0 aromatic heterocycles. The largest absolute Gasteiger partial charge is 0.481 e. The van der Waals surface area contributed by atoms with Crippen molar-refractivity contribution in [2.75, 3.05) is 30.3 Å². The number of carboxylic acids is 2. The van der Waals surface area contributed by atoms with Crippen LogP contribution < -0.4 is 26.6 Å². The molecule has 298 valence electrons. The minimum absolute atomic E-state index is 0.0500. The molecule has 0 fully saturated rings. The number of carbonyl (C=O) groups excluding carboxylic acids is 7. The normalized spacial score (nSPS) is 13.4. The third kappa shape index (κ3) is 15.5. The maximum atomic E-state index is 12.3. The zero-order chi connectivity index (χ0) is 41.4. The second kappa shape index (κ2) is 20.5. The maximum Gasteiger partial charge on any atom is 0.408 e. The van der Waals surface area contributed by atoms with E-state index >= 15 is 0 Å². The highest BCUT2D eigenvalue weighted by molar-refractivity contribution is 6.15. The number of rotatable bonds is 19. The second-order valence-corrected chi connectivity index (χ2v) is 13.2. The Labute approximate surface area is 320 Å². The van der Waals surface area contributed by atoms with Gasteiger partial charge in [-0.3, -0.25) is 38.5 Å². The Morgan fingerprint density at radius 3 is 1.71 bits per heavy atom. The lowest BCUT2D eigenvalue weighted by Gasteiger charge is -2.23. The molecule has 0 unspecified atom stereocenters. The summed E-state index contributed by atoms with van der Waals surface area (Å²) in [6.45, 7) is 3.48. The topological polar surface area (TPSA) is 291 Å². The molecule has 7 N–H and O–H groups in total. The number of nitrogens with zero attached hydrogens (tertiary/aromatic N) is 3. The SMILES string of the molecule is CC(C)(C)OC(=O)N[C@@H](C[C@@H](CCCC(=O)NCC(=O)NCC(=O)Nc1ccc(N=Nc2ccc(NC(=O)CN3C(=O)C=CC3=O)cc2)cc1)C(=O)O)C(=O)O. The fourth-order valence-corrected chi connectivity index (χ4v) is 4.79. The number of imide groups is 1. The predicted octanol–water partition coefficient (Wildman–Crippen LogP) is 2.38. The molecule has 0 saturated carbocycles. The van der Waals surface area contributed by atoms with Crippen LogP contribution in [0.3, 0.4) is 0 Å². The Hall–Kier alpha value is -6.99. The van der Waals surface area contributed by atoms with E-state index in [9.17, 15) is 53.4 Å². The van der Waals surface area contributed by atoms with Crippen LogP contribution in [0.25, 0.3) is 0 Å². The number of aliphatic carboxylic acids is 2. The molecule has 2 aromatic carbocycles. The molecule has 1 aliphatic heterocycles. The van der Waals surface area contributed by atoms with E-state index in [4.69, 9.17) is 4.74 Å². The van der Waals surface area contributed by atoms with Gasteiger partial charge in [-0.25, -0.2) is 9.59 Å². The minimum atomic E-state index is -1.53. The fourth-order valence-electron chi connectivity index (χ4n) is 4.79. The molecule has 0 bridgehead atoms. The van der Waals surface area contributed by atoms with Crippen molar-refractivity contribution in [2.24, 2.45) is 16.1 Å². The van der Waals surface area contributed by atoms with E-state index in [0.29, 0.717) is 22.7 Å². The Morgan fingerprint density at radius 2 is 1.21 bits per heavy atom. The highest BCUT2D eigenvalue weighted by atomic mass is 16.6. The quantitative estimate of drug-likeness (QED) is 0.0799. The van der Waals surface area contributed by atoms with Gasteiger partial charge in [0.15, 0.2) is 0 Å². The lowest BCUT2D eigenvalue weighted by Crippen LogP contribution is -2.45. The molecule has 1 aliphatic rings. The second-order valence-electron chi connectivity index (χ2n) is 13.2. The molecule has 2 aromatic rings. The molecule has 56 heavy (non-hydrogen) atoms. The Kier molecular flexibility index (Phi) is 15.9. The van der Waals surface area contributed by atoms with Gasteiger partial charge in [0.25, 0.3) is 11.8 Å². The average molecular weight is 779 g/mol. The van der Waals surface area contributed by atoms with Crippen molar-refractivity contribution in [1.82, 2.24) is 20.9 Å². The van der Waals surface area contributed by atoms with Gasteiger partial charge in [0.1, 0.15) is 18.2 Å². The molecule has 20 heteroatoms. The molecule has 0 saturated heterocycles. The summed E-state index contributed by atoms with van der Waals surface area (Å²) in [5, 5.41) is 39.3. The summed E-state index contributed by atoms with van der Waals surface area (Å²) >= 11 is 0. The van der Waals surface area contributed by atoms with Gasteiger partial charge in [-0.15, -0.1) is 0 Å². The van der Waals surface area contributed by atoms with Gasteiger partial charge in [-0.05, 0) is 88.6 Å². The Balaban J connectivity index is 1.33. The van der Waals surface area contributed by atoms with Crippen LogP contribution in [0.1, 0.15) is 46.5 Å². The molecule has 0 aliphatic carbocycles. The first-order valence-corrected chi connectivity index (χ1v) is 17.1. The Bertz CT molecular complexity index is 1850. The van der Waals surface area contributed by atoms with Crippen LogP contribution in [0, 0.1) is 5.92 Å². The van der Waals surface area contributed by atoms with Crippen molar-refractivity contribution in [3.05, 3.63) is 60.7 Å². The van der Waals surface area contributed by atoms with Crippen molar-refractivity contribution >= 4 is 76.2 Å². The fraction of sp³-hybridized carbons (Fsp3) is 0.361. The van der Waals surface area contributed by atoms with Gasteiger partial charge in [-0.1, -0.05) is 0 Å². The van der Waals surface area contributed by atoms with Crippen molar-refractivity contribution in [2.45, 2.75) is 58.1 Å². The van der Waals surface area contributed by atoms with Crippen molar-refractivity contribution in [1.29, 1.82) is 0 Å². The number of azo groups is 1. The maximum absolute atomic E-state index is 12.3. The number of hydrogen-bond donors (Lipinski definition) is 7.